The number of hydrogen-bond acceptors (Lipinski definition) is 4. The molecule has 0 saturated heterocycles. The molecule has 5 nitrogen and oxygen atoms in total. The fourth-order valence-electron chi connectivity index (χ4n) is 3.15. The quantitative estimate of drug-likeness (QED) is 0.630. The van der Waals surface area contributed by atoms with Gasteiger partial charge in [-0.2, -0.15) is 0 Å². The molecule has 120 valence electrons. The zero-order valence-corrected chi connectivity index (χ0v) is 13.1. The van der Waals surface area contributed by atoms with Crippen LogP contribution in [0.5, 0.6) is 0 Å². The zero-order chi connectivity index (χ0) is 16.4. The molecule has 0 aliphatic heterocycles. The van der Waals surface area contributed by atoms with Gasteiger partial charge in [-0.25, -0.2) is 4.39 Å². The molecule has 2 atom stereocenters. The minimum absolute atomic E-state index is 0.0112. The number of thiocarbonyl (C=S) groups is 1. The number of benzene rings is 1. The first kappa shape index (κ1) is 15.7. The van der Waals surface area contributed by atoms with E-state index in [0.717, 1.165) is 25.7 Å². The second kappa shape index (κ2) is 6.54. The maximum Gasteiger partial charge on any atom is 0.218 e. The number of anilines is 1. The molecular formula is C16H16FN3O2S. The molecule has 0 bridgehead atoms. The van der Waals surface area contributed by atoms with Crippen LogP contribution in [0.3, 0.4) is 0 Å². The van der Waals surface area contributed by atoms with Gasteiger partial charge in [0.1, 0.15) is 11.6 Å². The fourth-order valence-corrected chi connectivity index (χ4v) is 3.30. The first-order valence-corrected chi connectivity index (χ1v) is 7.93. The normalized spacial score (nSPS) is 24.1. The molecule has 7 heteroatoms. The van der Waals surface area contributed by atoms with Crippen LogP contribution in [0.25, 0.3) is 0 Å². The highest BCUT2D eigenvalue weighted by atomic mass is 32.1. The van der Waals surface area contributed by atoms with Gasteiger partial charge in [-0.1, -0.05) is 25.0 Å². The third kappa shape index (κ3) is 3.14. The van der Waals surface area contributed by atoms with E-state index in [-0.39, 0.29) is 39.9 Å². The SMILES string of the molecule is O=C1C(N=NC(=S)Nc2ccccc2F)=C(O)C2CCCCC12. The van der Waals surface area contributed by atoms with Crippen LogP contribution < -0.4 is 5.32 Å². The van der Waals surface area contributed by atoms with Gasteiger partial charge in [-0.3, -0.25) is 4.79 Å². The molecule has 2 aliphatic rings. The summed E-state index contributed by atoms with van der Waals surface area (Å²) in [5.41, 5.74) is 0.167. The van der Waals surface area contributed by atoms with Crippen molar-refractivity contribution < 1.29 is 14.3 Å². The van der Waals surface area contributed by atoms with E-state index in [1.54, 1.807) is 12.1 Å². The molecule has 0 aromatic heterocycles. The molecule has 2 aliphatic carbocycles. The summed E-state index contributed by atoms with van der Waals surface area (Å²) in [5, 5.41) is 20.3. The minimum Gasteiger partial charge on any atom is -0.510 e. The van der Waals surface area contributed by atoms with E-state index in [4.69, 9.17) is 12.2 Å². The second-order valence-electron chi connectivity index (χ2n) is 5.71. The number of aliphatic hydroxyl groups is 1. The van der Waals surface area contributed by atoms with Crippen LogP contribution in [0, 0.1) is 17.7 Å². The lowest BCUT2D eigenvalue weighted by molar-refractivity contribution is -0.120. The summed E-state index contributed by atoms with van der Waals surface area (Å²) in [6.07, 6.45) is 3.54. The van der Waals surface area contributed by atoms with Crippen molar-refractivity contribution >= 4 is 28.8 Å². The van der Waals surface area contributed by atoms with E-state index >= 15 is 0 Å². The monoisotopic (exact) mass is 333 g/mol. The average Bonchev–Trinajstić information content (AvgIpc) is 2.80. The molecule has 0 amide bonds. The first-order valence-electron chi connectivity index (χ1n) is 7.52. The number of Topliss-reactive ketones (excluding diaryl/α,β-unsaturated/α-hetero) is 1. The van der Waals surface area contributed by atoms with Crippen LogP contribution in [-0.4, -0.2) is 16.0 Å². The van der Waals surface area contributed by atoms with Crippen LogP contribution in [0.1, 0.15) is 25.7 Å². The fraction of sp³-hybridized carbons (Fsp3) is 0.375. The minimum atomic E-state index is -0.463. The molecule has 0 spiro atoms. The van der Waals surface area contributed by atoms with Crippen molar-refractivity contribution in [2.45, 2.75) is 25.7 Å². The lowest BCUT2D eigenvalue weighted by Gasteiger charge is -2.23. The molecule has 0 radical (unpaired) electrons. The van der Waals surface area contributed by atoms with Crippen molar-refractivity contribution in [2.24, 2.45) is 22.1 Å². The number of fused-ring (bicyclic) bond motifs is 1. The Morgan fingerprint density at radius 2 is 1.96 bits per heavy atom. The Morgan fingerprint density at radius 3 is 2.65 bits per heavy atom. The number of nitrogens with zero attached hydrogens (tertiary/aromatic N) is 2. The van der Waals surface area contributed by atoms with Crippen LogP contribution in [0.2, 0.25) is 0 Å². The maximum absolute atomic E-state index is 13.5. The van der Waals surface area contributed by atoms with Crippen molar-refractivity contribution in [1.29, 1.82) is 0 Å². The second-order valence-corrected chi connectivity index (χ2v) is 6.09. The first-order chi connectivity index (χ1) is 11.1. The summed E-state index contributed by atoms with van der Waals surface area (Å²) < 4.78 is 13.5. The van der Waals surface area contributed by atoms with Crippen molar-refractivity contribution in [3.8, 4) is 0 Å². The Kier molecular flexibility index (Phi) is 4.47. The van der Waals surface area contributed by atoms with Gasteiger partial charge in [-0.15, -0.1) is 10.2 Å². The molecule has 1 fully saturated rings. The summed E-state index contributed by atoms with van der Waals surface area (Å²) in [6, 6.07) is 6.03. The lowest BCUT2D eigenvalue weighted by atomic mass is 9.80. The Bertz CT molecular complexity index is 717. The Balaban J connectivity index is 1.72. The highest BCUT2D eigenvalue weighted by Crippen LogP contribution is 2.42. The zero-order valence-electron chi connectivity index (χ0n) is 12.3. The third-order valence-electron chi connectivity index (χ3n) is 4.29. The van der Waals surface area contributed by atoms with Crippen LogP contribution in [-0.2, 0) is 4.79 Å². The number of carbonyl (C=O) groups excluding carboxylic acids is 1. The highest BCUT2D eigenvalue weighted by Gasteiger charge is 2.43. The summed E-state index contributed by atoms with van der Waals surface area (Å²) in [7, 11) is 0. The summed E-state index contributed by atoms with van der Waals surface area (Å²) in [5.74, 6) is -0.957. The van der Waals surface area contributed by atoms with E-state index < -0.39 is 5.82 Å². The van der Waals surface area contributed by atoms with Crippen LogP contribution in [0.15, 0.2) is 46.0 Å². The number of nitrogens with one attached hydrogen (secondary N) is 1. The van der Waals surface area contributed by atoms with E-state index in [9.17, 15) is 14.3 Å². The van der Waals surface area contributed by atoms with Crippen LogP contribution in [0.4, 0.5) is 10.1 Å². The molecule has 2 N–H and O–H groups in total. The summed E-state index contributed by atoms with van der Waals surface area (Å²) >= 11 is 4.98. The van der Waals surface area contributed by atoms with Gasteiger partial charge in [0, 0.05) is 11.8 Å². The van der Waals surface area contributed by atoms with E-state index in [0.29, 0.717) is 0 Å². The number of azo groups is 1. The van der Waals surface area contributed by atoms with Crippen molar-refractivity contribution in [3.05, 3.63) is 41.5 Å². The lowest BCUT2D eigenvalue weighted by Crippen LogP contribution is -2.21. The summed E-state index contributed by atoms with van der Waals surface area (Å²) in [6.45, 7) is 0. The Morgan fingerprint density at radius 1 is 1.26 bits per heavy atom. The van der Waals surface area contributed by atoms with Gasteiger partial charge >= 0.3 is 0 Å². The van der Waals surface area contributed by atoms with Gasteiger partial charge in [0.05, 0.1) is 5.69 Å². The number of allylic oxidation sites excluding steroid dienone is 2. The van der Waals surface area contributed by atoms with Gasteiger partial charge in [0.2, 0.25) is 5.11 Å². The van der Waals surface area contributed by atoms with Gasteiger partial charge < -0.3 is 10.4 Å². The number of para-hydroxylation sites is 1. The number of halogens is 1. The molecule has 1 saturated carbocycles. The molecular weight excluding hydrogens is 317 g/mol. The van der Waals surface area contributed by atoms with Crippen molar-refractivity contribution in [3.63, 3.8) is 0 Å². The van der Waals surface area contributed by atoms with Gasteiger partial charge in [-0.05, 0) is 37.2 Å². The smallest absolute Gasteiger partial charge is 0.218 e. The predicted octanol–water partition coefficient (Wildman–Crippen LogP) is 4.13. The van der Waals surface area contributed by atoms with E-state index in [2.05, 4.69) is 15.5 Å². The standard InChI is InChI=1S/C16H16FN3O2S/c17-11-7-3-4-8-12(11)18-16(23)20-19-13-14(21)9-5-1-2-6-10(9)15(13)22/h3-4,7-10,21H,1-2,5-6H2,(H,18,23). The summed E-state index contributed by atoms with van der Waals surface area (Å²) in [4.78, 5) is 12.3. The number of hydrogen-bond donors (Lipinski definition) is 2. The Labute approximate surface area is 138 Å². The average molecular weight is 333 g/mol. The Hall–Kier alpha value is -2.15. The molecule has 23 heavy (non-hydrogen) atoms. The van der Waals surface area contributed by atoms with Crippen molar-refractivity contribution in [1.82, 2.24) is 0 Å². The number of carbonyl (C=O) groups is 1. The van der Waals surface area contributed by atoms with Crippen molar-refractivity contribution in [2.75, 3.05) is 5.32 Å². The number of ketones is 1. The van der Waals surface area contributed by atoms with E-state index in [1.807, 2.05) is 0 Å². The number of rotatable bonds is 2. The van der Waals surface area contributed by atoms with E-state index in [1.165, 1.54) is 12.1 Å². The molecule has 2 unspecified atom stereocenters. The topological polar surface area (TPSA) is 74.0 Å². The van der Waals surface area contributed by atoms with Gasteiger partial charge in [0.25, 0.3) is 0 Å². The molecule has 1 aromatic rings. The largest absolute Gasteiger partial charge is 0.510 e. The maximum atomic E-state index is 13.5. The number of aliphatic hydroxyl groups excluding tert-OH is 1. The third-order valence-corrected chi connectivity index (χ3v) is 4.47. The highest BCUT2D eigenvalue weighted by molar-refractivity contribution is 7.80. The predicted molar refractivity (Wildman–Crippen MR) is 87.6 cm³/mol. The molecule has 3 rings (SSSR count). The van der Waals surface area contributed by atoms with Crippen LogP contribution >= 0.6 is 12.2 Å². The molecule has 1 aromatic carbocycles. The van der Waals surface area contributed by atoms with Gasteiger partial charge in [0.15, 0.2) is 11.5 Å². The molecule has 0 heterocycles.